The third kappa shape index (κ3) is 2.18. The van der Waals surface area contributed by atoms with Gasteiger partial charge in [0.15, 0.2) is 0 Å². The molecule has 1 N–H and O–H groups in total. The van der Waals surface area contributed by atoms with Crippen molar-refractivity contribution in [1.82, 2.24) is 10.2 Å². The summed E-state index contributed by atoms with van der Waals surface area (Å²) >= 11 is 0. The number of nitrogens with zero attached hydrogens (tertiary/aromatic N) is 2. The van der Waals surface area contributed by atoms with Crippen molar-refractivity contribution >= 4 is 11.7 Å². The Morgan fingerprint density at radius 3 is 2.40 bits per heavy atom. The lowest BCUT2D eigenvalue weighted by Gasteiger charge is -2.44. The number of carbonyl (C=O) groups is 1. The van der Waals surface area contributed by atoms with Crippen LogP contribution in [0.15, 0.2) is 30.3 Å². The zero-order chi connectivity index (χ0) is 14.2. The Morgan fingerprint density at radius 1 is 1.15 bits per heavy atom. The van der Waals surface area contributed by atoms with Crippen molar-refractivity contribution in [2.24, 2.45) is 0 Å². The highest BCUT2D eigenvalue weighted by Gasteiger charge is 2.47. The second-order valence-electron chi connectivity index (χ2n) is 6.18. The van der Waals surface area contributed by atoms with Crippen molar-refractivity contribution in [3.8, 4) is 0 Å². The Hall–Kier alpha value is -1.55. The lowest BCUT2D eigenvalue weighted by atomic mass is 9.86. The summed E-state index contributed by atoms with van der Waals surface area (Å²) in [5.74, 6) is 0. The first-order chi connectivity index (χ1) is 9.62. The van der Waals surface area contributed by atoms with Crippen molar-refractivity contribution in [3.63, 3.8) is 0 Å². The number of anilines is 1. The van der Waals surface area contributed by atoms with Crippen LogP contribution in [0.5, 0.6) is 0 Å². The minimum atomic E-state index is -0.0379. The van der Waals surface area contributed by atoms with Crippen molar-refractivity contribution in [1.29, 1.82) is 0 Å². The summed E-state index contributed by atoms with van der Waals surface area (Å²) < 4.78 is 0. The Balaban J connectivity index is 1.84. The van der Waals surface area contributed by atoms with Crippen LogP contribution in [-0.4, -0.2) is 42.1 Å². The maximum atomic E-state index is 12.3. The highest BCUT2D eigenvalue weighted by molar-refractivity contribution is 5.96. The Bertz CT molecular complexity index is 478. The van der Waals surface area contributed by atoms with Crippen molar-refractivity contribution in [2.75, 3.05) is 24.5 Å². The number of hydrogen-bond acceptors (Lipinski definition) is 2. The number of hydrogen-bond donors (Lipinski definition) is 1. The van der Waals surface area contributed by atoms with Crippen LogP contribution in [0.3, 0.4) is 0 Å². The van der Waals surface area contributed by atoms with Gasteiger partial charge in [-0.15, -0.1) is 0 Å². The topological polar surface area (TPSA) is 35.6 Å². The van der Waals surface area contributed by atoms with Gasteiger partial charge in [0.25, 0.3) is 0 Å². The molecule has 2 heterocycles. The molecule has 0 bridgehead atoms. The summed E-state index contributed by atoms with van der Waals surface area (Å²) in [5.41, 5.74) is 0.976. The number of amides is 2. The zero-order valence-corrected chi connectivity index (χ0v) is 12.3. The van der Waals surface area contributed by atoms with E-state index in [1.54, 1.807) is 0 Å². The molecule has 1 aromatic carbocycles. The van der Waals surface area contributed by atoms with E-state index in [2.05, 4.69) is 24.1 Å². The van der Waals surface area contributed by atoms with Crippen LogP contribution in [0.4, 0.5) is 10.5 Å². The molecule has 0 unspecified atom stereocenters. The van der Waals surface area contributed by atoms with Crippen LogP contribution in [-0.2, 0) is 0 Å². The van der Waals surface area contributed by atoms with Crippen molar-refractivity contribution < 1.29 is 4.79 Å². The molecular weight excluding hydrogens is 250 g/mol. The summed E-state index contributed by atoms with van der Waals surface area (Å²) in [5, 5.41) is 3.04. The Morgan fingerprint density at radius 2 is 1.80 bits per heavy atom. The van der Waals surface area contributed by atoms with Gasteiger partial charge in [-0.1, -0.05) is 18.2 Å². The molecule has 0 atom stereocenters. The smallest absolute Gasteiger partial charge is 0.322 e. The quantitative estimate of drug-likeness (QED) is 0.898. The molecule has 1 spiro atoms. The molecule has 2 aliphatic heterocycles. The van der Waals surface area contributed by atoms with Gasteiger partial charge >= 0.3 is 6.03 Å². The van der Waals surface area contributed by atoms with Gasteiger partial charge in [0.1, 0.15) is 0 Å². The van der Waals surface area contributed by atoms with E-state index in [1.807, 2.05) is 35.2 Å². The van der Waals surface area contributed by atoms with Crippen LogP contribution < -0.4 is 10.2 Å². The standard InChI is InChI=1S/C16H23N3O/c1-13(2)18-10-8-16(9-11-18)12-17-15(20)19(16)14-6-4-3-5-7-14/h3-7,13H,8-12H2,1-2H3,(H,17,20). The van der Waals surface area contributed by atoms with Gasteiger partial charge in [0.05, 0.1) is 5.54 Å². The Kier molecular flexibility index (Phi) is 3.42. The summed E-state index contributed by atoms with van der Waals surface area (Å²) in [6.07, 6.45) is 2.08. The largest absolute Gasteiger partial charge is 0.335 e. The first-order valence-electron chi connectivity index (χ1n) is 7.50. The predicted molar refractivity (Wildman–Crippen MR) is 81.0 cm³/mol. The van der Waals surface area contributed by atoms with Crippen molar-refractivity contribution in [3.05, 3.63) is 30.3 Å². The number of nitrogens with one attached hydrogen (secondary N) is 1. The third-order valence-electron chi connectivity index (χ3n) is 4.72. The third-order valence-corrected chi connectivity index (χ3v) is 4.72. The molecule has 0 saturated carbocycles. The number of urea groups is 1. The average molecular weight is 273 g/mol. The molecule has 20 heavy (non-hydrogen) atoms. The van der Waals surface area contributed by atoms with Gasteiger partial charge < -0.3 is 10.2 Å². The van der Waals surface area contributed by atoms with Gasteiger partial charge in [-0.2, -0.15) is 0 Å². The molecule has 2 saturated heterocycles. The van der Waals surface area contributed by atoms with Gasteiger partial charge in [-0.25, -0.2) is 4.79 Å². The molecule has 4 nitrogen and oxygen atoms in total. The van der Waals surface area contributed by atoms with E-state index >= 15 is 0 Å². The monoisotopic (exact) mass is 273 g/mol. The van der Waals surface area contributed by atoms with Crippen LogP contribution in [0.1, 0.15) is 26.7 Å². The molecule has 2 aliphatic rings. The second kappa shape index (κ2) is 5.09. The van der Waals surface area contributed by atoms with E-state index in [0.717, 1.165) is 38.2 Å². The number of piperidine rings is 1. The van der Waals surface area contributed by atoms with E-state index in [1.165, 1.54) is 0 Å². The zero-order valence-electron chi connectivity index (χ0n) is 12.3. The minimum absolute atomic E-state index is 0.0379. The molecule has 108 valence electrons. The predicted octanol–water partition coefficient (Wildman–Crippen LogP) is 2.46. The van der Waals surface area contributed by atoms with Gasteiger partial charge in [0, 0.05) is 31.4 Å². The molecule has 0 aromatic heterocycles. The van der Waals surface area contributed by atoms with Crippen molar-refractivity contribution in [2.45, 2.75) is 38.3 Å². The van der Waals surface area contributed by atoms with E-state index in [-0.39, 0.29) is 11.6 Å². The number of rotatable bonds is 2. The minimum Gasteiger partial charge on any atom is -0.335 e. The highest BCUT2D eigenvalue weighted by Crippen LogP contribution is 2.36. The first kappa shape index (κ1) is 13.4. The molecule has 2 fully saturated rings. The summed E-state index contributed by atoms with van der Waals surface area (Å²) in [4.78, 5) is 16.8. The maximum Gasteiger partial charge on any atom is 0.322 e. The molecule has 0 aliphatic carbocycles. The van der Waals surface area contributed by atoms with Crippen LogP contribution in [0.25, 0.3) is 0 Å². The van der Waals surface area contributed by atoms with Gasteiger partial charge in [-0.05, 0) is 38.8 Å². The highest BCUT2D eigenvalue weighted by atomic mass is 16.2. The van der Waals surface area contributed by atoms with Gasteiger partial charge in [-0.3, -0.25) is 4.90 Å². The number of para-hydroxylation sites is 1. The van der Waals surface area contributed by atoms with Crippen LogP contribution in [0, 0.1) is 0 Å². The summed E-state index contributed by atoms with van der Waals surface area (Å²) in [6.45, 7) is 7.38. The fourth-order valence-electron chi connectivity index (χ4n) is 3.44. The average Bonchev–Trinajstić information content (AvgIpc) is 2.77. The lowest BCUT2D eigenvalue weighted by molar-refractivity contribution is 0.138. The molecule has 4 heteroatoms. The van der Waals surface area contributed by atoms with Gasteiger partial charge in [0.2, 0.25) is 0 Å². The number of carbonyl (C=O) groups excluding carboxylic acids is 1. The fourth-order valence-corrected chi connectivity index (χ4v) is 3.44. The molecule has 2 amide bonds. The number of likely N-dealkylation sites (tertiary alicyclic amines) is 1. The first-order valence-corrected chi connectivity index (χ1v) is 7.50. The van der Waals surface area contributed by atoms with E-state index in [0.29, 0.717) is 6.04 Å². The van der Waals surface area contributed by atoms with Crippen LogP contribution >= 0.6 is 0 Å². The lowest BCUT2D eigenvalue weighted by Crippen LogP contribution is -2.55. The summed E-state index contributed by atoms with van der Waals surface area (Å²) in [7, 11) is 0. The van der Waals surface area contributed by atoms with E-state index in [9.17, 15) is 4.79 Å². The van der Waals surface area contributed by atoms with Crippen LogP contribution in [0.2, 0.25) is 0 Å². The maximum absolute atomic E-state index is 12.3. The van der Waals surface area contributed by atoms with E-state index < -0.39 is 0 Å². The number of benzene rings is 1. The van der Waals surface area contributed by atoms with E-state index in [4.69, 9.17) is 0 Å². The second-order valence-corrected chi connectivity index (χ2v) is 6.18. The summed E-state index contributed by atoms with van der Waals surface area (Å²) in [6, 6.07) is 10.7. The fraction of sp³-hybridized carbons (Fsp3) is 0.562. The normalized spacial score (nSPS) is 22.6. The Labute approximate surface area is 120 Å². The molecular formula is C16H23N3O. The molecule has 0 radical (unpaired) electrons. The molecule has 1 aromatic rings. The SMILES string of the molecule is CC(C)N1CCC2(CC1)CNC(=O)N2c1ccccc1. The molecule has 3 rings (SSSR count).